The quantitative estimate of drug-likeness (QED) is 0.223. The van der Waals surface area contributed by atoms with E-state index in [4.69, 9.17) is 11.6 Å². The van der Waals surface area contributed by atoms with E-state index in [-0.39, 0.29) is 24.0 Å². The van der Waals surface area contributed by atoms with E-state index in [9.17, 15) is 5.11 Å². The molecule has 1 aromatic heterocycles. The Hall–Kier alpha value is -0.600. The number of aliphatic hydroxyl groups is 1. The monoisotopic (exact) mass is 468 g/mol. The van der Waals surface area contributed by atoms with E-state index >= 15 is 0 Å². The molecule has 0 aliphatic carbocycles. The van der Waals surface area contributed by atoms with E-state index in [0.717, 1.165) is 37.8 Å². The van der Waals surface area contributed by atoms with Crippen molar-refractivity contribution in [2.24, 2.45) is 4.99 Å². The molecule has 0 spiro atoms. The summed E-state index contributed by atoms with van der Waals surface area (Å²) in [6, 6.07) is 3.67. The molecule has 1 rings (SSSR count). The summed E-state index contributed by atoms with van der Waals surface area (Å²) in [5.41, 5.74) is 0.311. The maximum Gasteiger partial charge on any atom is 0.191 e. The van der Waals surface area contributed by atoms with E-state index in [0.29, 0.717) is 24.2 Å². The number of nitrogens with one attached hydrogen (secondary N) is 2. The van der Waals surface area contributed by atoms with Gasteiger partial charge < -0.3 is 15.7 Å². The Morgan fingerprint density at radius 3 is 2.38 bits per heavy atom. The van der Waals surface area contributed by atoms with E-state index in [1.807, 2.05) is 13.0 Å². The zero-order chi connectivity index (χ0) is 17.1. The van der Waals surface area contributed by atoms with Gasteiger partial charge in [0.1, 0.15) is 5.15 Å². The fourth-order valence-electron chi connectivity index (χ4n) is 2.49. The third-order valence-electron chi connectivity index (χ3n) is 3.57. The molecule has 5 nitrogen and oxygen atoms in total. The Balaban J connectivity index is 0.00000529. The van der Waals surface area contributed by atoms with Crippen molar-refractivity contribution in [3.63, 3.8) is 0 Å². The number of rotatable bonds is 9. The predicted octanol–water partition coefficient (Wildman–Crippen LogP) is 3.74. The summed E-state index contributed by atoms with van der Waals surface area (Å²) in [6.07, 6.45) is 5.22. The summed E-state index contributed by atoms with van der Waals surface area (Å²) in [5, 5.41) is 17.6. The molecule has 0 aliphatic heterocycles. The molecular formula is C17H30ClIN4O. The molecular weight excluding hydrogens is 439 g/mol. The molecule has 138 valence electrons. The van der Waals surface area contributed by atoms with Gasteiger partial charge in [-0.3, -0.25) is 0 Å². The van der Waals surface area contributed by atoms with Crippen molar-refractivity contribution in [3.05, 3.63) is 29.0 Å². The highest BCUT2D eigenvalue weighted by Crippen LogP contribution is 2.18. The molecule has 0 fully saturated rings. The molecule has 0 amide bonds. The highest BCUT2D eigenvalue weighted by atomic mass is 127. The van der Waals surface area contributed by atoms with Crippen LogP contribution in [0.25, 0.3) is 0 Å². The topological polar surface area (TPSA) is 69.5 Å². The number of aliphatic imine (C=N–C) groups is 1. The van der Waals surface area contributed by atoms with Gasteiger partial charge in [0.05, 0.1) is 12.1 Å². The standard InChI is InChI=1S/C17H29ClN4O.HI/c1-4-9-17(23,10-5-2)13-22-16(19-6-3)21-12-14-7-8-15(18)20-11-14;/h7-8,11,23H,4-6,9-10,12-13H2,1-3H3,(H2,19,21,22);1H. The maximum absolute atomic E-state index is 10.7. The Bertz CT molecular complexity index is 476. The average Bonchev–Trinajstić information content (AvgIpc) is 2.52. The van der Waals surface area contributed by atoms with Gasteiger partial charge >= 0.3 is 0 Å². The molecule has 0 atom stereocenters. The van der Waals surface area contributed by atoms with Crippen LogP contribution in [0.4, 0.5) is 0 Å². The van der Waals surface area contributed by atoms with Crippen molar-refractivity contribution in [3.8, 4) is 0 Å². The molecule has 1 heterocycles. The number of nitrogens with zero attached hydrogens (tertiary/aromatic N) is 2. The van der Waals surface area contributed by atoms with Crippen molar-refractivity contribution in [2.45, 2.75) is 58.6 Å². The zero-order valence-corrected chi connectivity index (χ0v) is 17.9. The van der Waals surface area contributed by atoms with Crippen LogP contribution < -0.4 is 10.6 Å². The molecule has 0 bridgehead atoms. The number of pyridine rings is 1. The SMILES string of the molecule is CCCC(O)(CCC)CNC(=NCc1ccc(Cl)nc1)NCC.I. The molecule has 0 unspecified atom stereocenters. The maximum atomic E-state index is 10.7. The molecule has 24 heavy (non-hydrogen) atoms. The van der Waals surface area contributed by atoms with Crippen molar-refractivity contribution in [1.29, 1.82) is 0 Å². The van der Waals surface area contributed by atoms with Gasteiger partial charge in [0.15, 0.2) is 5.96 Å². The second-order valence-corrected chi connectivity index (χ2v) is 6.15. The third kappa shape index (κ3) is 9.03. The Morgan fingerprint density at radius 1 is 1.21 bits per heavy atom. The van der Waals surface area contributed by atoms with E-state index in [1.165, 1.54) is 0 Å². The third-order valence-corrected chi connectivity index (χ3v) is 3.79. The first-order chi connectivity index (χ1) is 11.0. The van der Waals surface area contributed by atoms with Crippen LogP contribution in [-0.2, 0) is 6.54 Å². The molecule has 1 aromatic rings. The van der Waals surface area contributed by atoms with Crippen molar-refractivity contribution >= 4 is 41.5 Å². The minimum atomic E-state index is -0.679. The Labute approximate surface area is 167 Å². The first-order valence-electron chi connectivity index (χ1n) is 8.38. The van der Waals surface area contributed by atoms with Crippen LogP contribution in [0.5, 0.6) is 0 Å². The average molecular weight is 469 g/mol. The van der Waals surface area contributed by atoms with Gasteiger partial charge in [0.2, 0.25) is 0 Å². The second-order valence-electron chi connectivity index (χ2n) is 5.76. The predicted molar refractivity (Wildman–Crippen MR) is 112 cm³/mol. The smallest absolute Gasteiger partial charge is 0.191 e. The summed E-state index contributed by atoms with van der Waals surface area (Å²) in [5.74, 6) is 0.702. The molecule has 0 aromatic carbocycles. The lowest BCUT2D eigenvalue weighted by Crippen LogP contribution is -2.47. The van der Waals surface area contributed by atoms with Crippen molar-refractivity contribution in [1.82, 2.24) is 15.6 Å². The van der Waals surface area contributed by atoms with Gasteiger partial charge in [-0.05, 0) is 31.4 Å². The van der Waals surface area contributed by atoms with Crippen LogP contribution in [0.3, 0.4) is 0 Å². The number of guanidine groups is 1. The molecule has 0 saturated carbocycles. The summed E-state index contributed by atoms with van der Waals surface area (Å²) in [6.45, 7) is 7.98. The number of aromatic nitrogens is 1. The lowest BCUT2D eigenvalue weighted by Gasteiger charge is -2.28. The Kier molecular flexibility index (Phi) is 12.4. The summed E-state index contributed by atoms with van der Waals surface area (Å²) in [4.78, 5) is 8.59. The number of hydrogen-bond acceptors (Lipinski definition) is 3. The summed E-state index contributed by atoms with van der Waals surface area (Å²) >= 11 is 5.78. The molecule has 3 N–H and O–H groups in total. The highest BCUT2D eigenvalue weighted by Gasteiger charge is 2.24. The number of halogens is 2. The minimum Gasteiger partial charge on any atom is -0.388 e. The molecule has 0 saturated heterocycles. The van der Waals surface area contributed by atoms with Crippen LogP contribution in [0, 0.1) is 0 Å². The first kappa shape index (κ1) is 23.4. The highest BCUT2D eigenvalue weighted by molar-refractivity contribution is 14.0. The van der Waals surface area contributed by atoms with Crippen LogP contribution in [0.15, 0.2) is 23.3 Å². The lowest BCUT2D eigenvalue weighted by atomic mass is 9.93. The molecule has 7 heteroatoms. The van der Waals surface area contributed by atoms with Gasteiger partial charge in [-0.25, -0.2) is 9.98 Å². The lowest BCUT2D eigenvalue weighted by molar-refractivity contribution is 0.0257. The fourth-order valence-corrected chi connectivity index (χ4v) is 2.60. The second kappa shape index (κ2) is 12.7. The van der Waals surface area contributed by atoms with E-state index < -0.39 is 5.60 Å². The first-order valence-corrected chi connectivity index (χ1v) is 8.75. The van der Waals surface area contributed by atoms with Gasteiger partial charge in [0.25, 0.3) is 0 Å². The van der Waals surface area contributed by atoms with Gasteiger partial charge in [-0.15, -0.1) is 24.0 Å². The largest absolute Gasteiger partial charge is 0.388 e. The number of hydrogen-bond donors (Lipinski definition) is 3. The van der Waals surface area contributed by atoms with Crippen LogP contribution in [0.1, 0.15) is 52.0 Å². The van der Waals surface area contributed by atoms with Crippen LogP contribution >= 0.6 is 35.6 Å². The zero-order valence-electron chi connectivity index (χ0n) is 14.8. The van der Waals surface area contributed by atoms with E-state index in [1.54, 1.807) is 12.3 Å². The summed E-state index contributed by atoms with van der Waals surface area (Å²) in [7, 11) is 0. The van der Waals surface area contributed by atoms with Crippen molar-refractivity contribution in [2.75, 3.05) is 13.1 Å². The van der Waals surface area contributed by atoms with Gasteiger partial charge in [-0.2, -0.15) is 0 Å². The normalized spacial score (nSPS) is 11.8. The van der Waals surface area contributed by atoms with E-state index in [2.05, 4.69) is 34.5 Å². The molecule has 0 aliphatic rings. The Morgan fingerprint density at radius 2 is 1.88 bits per heavy atom. The fraction of sp³-hybridized carbons (Fsp3) is 0.647. The van der Waals surface area contributed by atoms with Crippen LogP contribution in [-0.4, -0.2) is 34.7 Å². The van der Waals surface area contributed by atoms with Crippen molar-refractivity contribution < 1.29 is 5.11 Å². The van der Waals surface area contributed by atoms with Crippen LogP contribution in [0.2, 0.25) is 5.15 Å². The van der Waals surface area contributed by atoms with Gasteiger partial charge in [0, 0.05) is 19.3 Å². The summed E-state index contributed by atoms with van der Waals surface area (Å²) < 4.78 is 0. The molecule has 0 radical (unpaired) electrons. The minimum absolute atomic E-state index is 0. The van der Waals surface area contributed by atoms with Gasteiger partial charge in [-0.1, -0.05) is 44.4 Å².